The lowest BCUT2D eigenvalue weighted by molar-refractivity contribution is -0.139. The number of benzene rings is 1. The van der Waals surface area contributed by atoms with Crippen molar-refractivity contribution in [2.24, 2.45) is 5.73 Å². The summed E-state index contributed by atoms with van der Waals surface area (Å²) in [5.74, 6) is -0.638. The number of carboxylic acid groups (broad SMARTS) is 1. The lowest BCUT2D eigenvalue weighted by atomic mass is 10.2. The first-order valence-corrected chi connectivity index (χ1v) is 5.98. The van der Waals surface area contributed by atoms with Crippen LogP contribution in [0.5, 0.6) is 11.5 Å². The van der Waals surface area contributed by atoms with E-state index in [1.807, 2.05) is 0 Å². The topological polar surface area (TPSA) is 111 Å². The van der Waals surface area contributed by atoms with Crippen LogP contribution in [0.2, 0.25) is 0 Å². The number of aliphatic carboxylic acids is 1. The number of rotatable bonds is 8. The average molecular weight is 282 g/mol. The fourth-order valence-corrected chi connectivity index (χ4v) is 1.45. The first kappa shape index (κ1) is 15.8. The van der Waals surface area contributed by atoms with Crippen molar-refractivity contribution in [2.75, 3.05) is 13.7 Å². The summed E-state index contributed by atoms with van der Waals surface area (Å²) in [5, 5.41) is 11.6. The molecule has 7 heteroatoms. The number of ether oxygens (including phenoxy) is 2. The monoisotopic (exact) mass is 282 g/mol. The molecule has 0 aliphatic heterocycles. The molecule has 1 aromatic carbocycles. The van der Waals surface area contributed by atoms with E-state index < -0.39 is 17.9 Å². The zero-order chi connectivity index (χ0) is 15.1. The van der Waals surface area contributed by atoms with Crippen molar-refractivity contribution >= 4 is 11.9 Å². The molecule has 1 atom stereocenters. The minimum atomic E-state index is -0.918. The van der Waals surface area contributed by atoms with Crippen LogP contribution in [0.4, 0.5) is 0 Å². The average Bonchev–Trinajstić information content (AvgIpc) is 2.42. The number of carbonyl (C=O) groups excluding carboxylic acids is 1. The maximum atomic E-state index is 10.7. The van der Waals surface area contributed by atoms with Gasteiger partial charge in [-0.3, -0.25) is 9.59 Å². The molecule has 1 aromatic rings. The Balaban J connectivity index is 2.71. The van der Waals surface area contributed by atoms with Gasteiger partial charge in [0.25, 0.3) is 5.91 Å². The first-order chi connectivity index (χ1) is 9.43. The van der Waals surface area contributed by atoms with Crippen LogP contribution in [0.25, 0.3) is 0 Å². The largest absolute Gasteiger partial charge is 0.493 e. The number of carbonyl (C=O) groups is 2. The van der Waals surface area contributed by atoms with Crippen LogP contribution < -0.4 is 20.5 Å². The second-order valence-corrected chi connectivity index (χ2v) is 4.18. The molecule has 0 bridgehead atoms. The molecule has 0 aromatic heterocycles. The van der Waals surface area contributed by atoms with Crippen molar-refractivity contribution in [1.82, 2.24) is 5.32 Å². The summed E-state index contributed by atoms with van der Waals surface area (Å²) >= 11 is 0. The maximum absolute atomic E-state index is 10.7. The van der Waals surface area contributed by atoms with Crippen molar-refractivity contribution in [3.63, 3.8) is 0 Å². The van der Waals surface area contributed by atoms with Gasteiger partial charge in [-0.2, -0.15) is 0 Å². The van der Waals surface area contributed by atoms with Crippen LogP contribution in [0.3, 0.4) is 0 Å². The minimum absolute atomic E-state index is 0.232. The molecule has 1 rings (SSSR count). The van der Waals surface area contributed by atoms with E-state index in [0.717, 1.165) is 5.56 Å². The van der Waals surface area contributed by atoms with Gasteiger partial charge in [0.05, 0.1) is 7.11 Å². The lowest BCUT2D eigenvalue weighted by Crippen LogP contribution is -2.33. The number of nitrogens with one attached hydrogen (secondary N) is 1. The number of nitrogens with two attached hydrogens (primary N) is 1. The molecular formula is C13H18N2O5. The number of hydrogen-bond acceptors (Lipinski definition) is 5. The fraction of sp³-hybridized carbons (Fsp3) is 0.385. The molecule has 0 radical (unpaired) electrons. The molecule has 20 heavy (non-hydrogen) atoms. The Morgan fingerprint density at radius 3 is 2.65 bits per heavy atom. The van der Waals surface area contributed by atoms with Crippen LogP contribution >= 0.6 is 0 Å². The van der Waals surface area contributed by atoms with E-state index in [1.54, 1.807) is 25.1 Å². The Hall–Kier alpha value is -2.28. The van der Waals surface area contributed by atoms with Gasteiger partial charge in [-0.25, -0.2) is 0 Å². The molecule has 0 unspecified atom stereocenters. The third-order valence-corrected chi connectivity index (χ3v) is 2.58. The predicted molar refractivity (Wildman–Crippen MR) is 71.6 cm³/mol. The summed E-state index contributed by atoms with van der Waals surface area (Å²) in [6, 6.07) is 4.45. The SMILES string of the molecule is COc1cc(CN[C@@H](C)C(=O)O)ccc1OCC(N)=O. The highest BCUT2D eigenvalue weighted by atomic mass is 16.5. The van der Waals surface area contributed by atoms with Gasteiger partial charge in [-0.15, -0.1) is 0 Å². The third-order valence-electron chi connectivity index (χ3n) is 2.58. The van der Waals surface area contributed by atoms with Crippen molar-refractivity contribution in [1.29, 1.82) is 0 Å². The zero-order valence-electron chi connectivity index (χ0n) is 11.4. The molecular weight excluding hydrogens is 264 g/mol. The van der Waals surface area contributed by atoms with Gasteiger partial charge in [-0.1, -0.05) is 6.07 Å². The summed E-state index contributed by atoms with van der Waals surface area (Å²) < 4.78 is 10.3. The molecule has 0 heterocycles. The molecule has 4 N–H and O–H groups in total. The van der Waals surface area contributed by atoms with Crippen LogP contribution in [-0.4, -0.2) is 36.7 Å². The fourth-order valence-electron chi connectivity index (χ4n) is 1.45. The molecule has 110 valence electrons. The summed E-state index contributed by atoms with van der Waals surface area (Å²) in [7, 11) is 1.48. The lowest BCUT2D eigenvalue weighted by Gasteiger charge is -2.13. The number of amides is 1. The standard InChI is InChI=1S/C13H18N2O5/c1-8(13(17)18)15-6-9-3-4-10(11(5-9)19-2)20-7-12(14)16/h3-5,8,15H,6-7H2,1-2H3,(H2,14,16)(H,17,18)/t8-/m0/s1. The Kier molecular flexibility index (Phi) is 5.79. The van der Waals surface area contributed by atoms with E-state index in [9.17, 15) is 9.59 Å². The quantitative estimate of drug-likeness (QED) is 0.624. The Morgan fingerprint density at radius 2 is 2.10 bits per heavy atom. The molecule has 1 amide bonds. The van der Waals surface area contributed by atoms with E-state index in [1.165, 1.54) is 7.11 Å². The summed E-state index contributed by atoms with van der Waals surface area (Å²) in [6.45, 7) is 1.70. The van der Waals surface area contributed by atoms with Gasteiger partial charge in [0, 0.05) is 6.54 Å². The summed E-state index contributed by atoms with van der Waals surface area (Å²) in [6.07, 6.45) is 0. The van der Waals surface area contributed by atoms with Gasteiger partial charge in [0.2, 0.25) is 0 Å². The van der Waals surface area contributed by atoms with Crippen LogP contribution in [0, 0.1) is 0 Å². The van der Waals surface area contributed by atoms with E-state index in [0.29, 0.717) is 18.0 Å². The van der Waals surface area contributed by atoms with Gasteiger partial charge < -0.3 is 25.6 Å². The van der Waals surface area contributed by atoms with E-state index >= 15 is 0 Å². The van der Waals surface area contributed by atoms with Gasteiger partial charge in [0.15, 0.2) is 18.1 Å². The molecule has 0 spiro atoms. The van der Waals surface area contributed by atoms with Crippen LogP contribution in [-0.2, 0) is 16.1 Å². The number of primary amides is 1. The zero-order valence-corrected chi connectivity index (χ0v) is 11.4. The van der Waals surface area contributed by atoms with Gasteiger partial charge in [0.1, 0.15) is 6.04 Å². The molecule has 0 aliphatic carbocycles. The second-order valence-electron chi connectivity index (χ2n) is 4.18. The molecule has 0 saturated carbocycles. The van der Waals surface area contributed by atoms with Gasteiger partial charge in [-0.05, 0) is 24.6 Å². The Bertz CT molecular complexity index is 490. The second kappa shape index (κ2) is 7.34. The van der Waals surface area contributed by atoms with E-state index in [4.69, 9.17) is 20.3 Å². The van der Waals surface area contributed by atoms with Crippen LogP contribution in [0.1, 0.15) is 12.5 Å². The molecule has 0 fully saturated rings. The van der Waals surface area contributed by atoms with Crippen molar-refractivity contribution in [3.8, 4) is 11.5 Å². The Morgan fingerprint density at radius 1 is 1.40 bits per heavy atom. The van der Waals surface area contributed by atoms with Crippen molar-refractivity contribution < 1.29 is 24.2 Å². The molecule has 7 nitrogen and oxygen atoms in total. The van der Waals surface area contributed by atoms with Gasteiger partial charge >= 0.3 is 5.97 Å². The smallest absolute Gasteiger partial charge is 0.320 e. The number of hydrogen-bond donors (Lipinski definition) is 3. The first-order valence-electron chi connectivity index (χ1n) is 5.98. The maximum Gasteiger partial charge on any atom is 0.320 e. The molecule has 0 aliphatic rings. The van der Waals surface area contributed by atoms with Crippen molar-refractivity contribution in [3.05, 3.63) is 23.8 Å². The number of methoxy groups -OCH3 is 1. The highest BCUT2D eigenvalue weighted by molar-refractivity contribution is 5.75. The predicted octanol–water partition coefficient (Wildman–Crippen LogP) is 0.122. The van der Waals surface area contributed by atoms with E-state index in [2.05, 4.69) is 5.32 Å². The van der Waals surface area contributed by atoms with Crippen LogP contribution in [0.15, 0.2) is 18.2 Å². The normalized spacial score (nSPS) is 11.7. The Labute approximate surface area is 116 Å². The van der Waals surface area contributed by atoms with Crippen molar-refractivity contribution in [2.45, 2.75) is 19.5 Å². The highest BCUT2D eigenvalue weighted by Crippen LogP contribution is 2.27. The molecule has 0 saturated heterocycles. The third kappa shape index (κ3) is 4.77. The number of carboxylic acids is 1. The highest BCUT2D eigenvalue weighted by Gasteiger charge is 2.11. The minimum Gasteiger partial charge on any atom is -0.493 e. The summed E-state index contributed by atoms with van der Waals surface area (Å²) in [5.41, 5.74) is 5.84. The summed E-state index contributed by atoms with van der Waals surface area (Å²) in [4.78, 5) is 21.4. The van der Waals surface area contributed by atoms with E-state index in [-0.39, 0.29) is 6.61 Å².